The van der Waals surface area contributed by atoms with Crippen molar-refractivity contribution in [2.24, 2.45) is 0 Å². The van der Waals surface area contributed by atoms with Crippen molar-refractivity contribution in [3.8, 4) is 17.1 Å². The largest absolute Gasteiger partial charge is 0.491 e. The number of nitrogens with zero attached hydrogens (tertiary/aromatic N) is 1. The second-order valence-electron chi connectivity index (χ2n) is 4.82. The Labute approximate surface area is 114 Å². The highest BCUT2D eigenvalue weighted by Gasteiger charge is 2.27. The highest BCUT2D eigenvalue weighted by Crippen LogP contribution is 2.32. The first-order chi connectivity index (χ1) is 9.61. The van der Waals surface area contributed by atoms with Crippen LogP contribution in [-0.4, -0.2) is 27.5 Å². The summed E-state index contributed by atoms with van der Waals surface area (Å²) in [5.41, 5.74) is 2.03. The quantitative estimate of drug-likeness (QED) is 0.786. The van der Waals surface area contributed by atoms with Gasteiger partial charge in [-0.15, -0.1) is 0 Å². The number of pyridine rings is 1. The summed E-state index contributed by atoms with van der Waals surface area (Å²) in [5, 5.41) is 12.2. The third kappa shape index (κ3) is 1.84. The smallest absolute Gasteiger partial charge is 0.253 e. The van der Waals surface area contributed by atoms with E-state index in [9.17, 15) is 14.3 Å². The molecule has 3 heterocycles. The van der Waals surface area contributed by atoms with Gasteiger partial charge in [-0.2, -0.15) is 0 Å². The van der Waals surface area contributed by atoms with E-state index in [1.807, 2.05) is 6.92 Å². The Morgan fingerprint density at radius 1 is 1.50 bits per heavy atom. The van der Waals surface area contributed by atoms with Gasteiger partial charge in [0.2, 0.25) is 5.88 Å². The lowest BCUT2D eigenvalue weighted by atomic mass is 9.95. The first-order valence-corrected chi connectivity index (χ1v) is 6.46. The van der Waals surface area contributed by atoms with Crippen LogP contribution in [0.4, 0.5) is 4.39 Å². The molecule has 0 aliphatic carbocycles. The molecule has 1 atom stereocenters. The fourth-order valence-corrected chi connectivity index (χ4v) is 2.53. The van der Waals surface area contributed by atoms with Crippen LogP contribution in [0.25, 0.3) is 11.3 Å². The Hall–Kier alpha value is -2.37. The van der Waals surface area contributed by atoms with E-state index in [2.05, 4.69) is 15.3 Å². The van der Waals surface area contributed by atoms with Crippen molar-refractivity contribution >= 4 is 5.91 Å². The first kappa shape index (κ1) is 12.7. The lowest BCUT2D eigenvalue weighted by Crippen LogP contribution is -2.34. The Kier molecular flexibility index (Phi) is 2.93. The average molecular weight is 275 g/mol. The van der Waals surface area contributed by atoms with Gasteiger partial charge in [-0.3, -0.25) is 4.79 Å². The normalized spacial score (nSPS) is 17.7. The molecule has 0 saturated heterocycles. The van der Waals surface area contributed by atoms with Gasteiger partial charge in [-0.25, -0.2) is 9.37 Å². The standard InChI is InChI=1S/C14H14FN3O2/c1-2-7-6-17-13(19)9-5-10(18-12(7)9)8-3-4-16-14(20)11(8)15/h3-5,7,18H,2,6H2,1H3,(H,16,20)(H,17,19). The number of aromatic nitrogens is 2. The van der Waals surface area contributed by atoms with Gasteiger partial charge in [-0.05, 0) is 18.6 Å². The van der Waals surface area contributed by atoms with E-state index in [1.165, 1.54) is 12.3 Å². The summed E-state index contributed by atoms with van der Waals surface area (Å²) >= 11 is 0. The Balaban J connectivity index is 2.13. The number of rotatable bonds is 2. The SMILES string of the molecule is CCC1CNC(=O)c2cc(-c3ccnc(O)c3F)[nH]c21. The minimum atomic E-state index is -0.792. The van der Waals surface area contributed by atoms with Gasteiger partial charge >= 0.3 is 0 Å². The van der Waals surface area contributed by atoms with Crippen molar-refractivity contribution in [2.75, 3.05) is 6.54 Å². The Morgan fingerprint density at radius 2 is 2.30 bits per heavy atom. The minimum absolute atomic E-state index is 0.161. The van der Waals surface area contributed by atoms with E-state index < -0.39 is 11.7 Å². The van der Waals surface area contributed by atoms with Crippen molar-refractivity contribution in [3.63, 3.8) is 0 Å². The minimum Gasteiger partial charge on any atom is -0.491 e. The number of hydrogen-bond acceptors (Lipinski definition) is 3. The van der Waals surface area contributed by atoms with Gasteiger partial charge < -0.3 is 15.4 Å². The van der Waals surface area contributed by atoms with E-state index in [0.29, 0.717) is 17.8 Å². The summed E-state index contributed by atoms with van der Waals surface area (Å²) in [5.74, 6) is -1.41. The summed E-state index contributed by atoms with van der Waals surface area (Å²) in [6.07, 6.45) is 2.20. The number of halogens is 1. The van der Waals surface area contributed by atoms with Crippen molar-refractivity contribution in [1.82, 2.24) is 15.3 Å². The zero-order chi connectivity index (χ0) is 14.3. The lowest BCUT2D eigenvalue weighted by Gasteiger charge is -2.21. The third-order valence-corrected chi connectivity index (χ3v) is 3.66. The van der Waals surface area contributed by atoms with Crippen LogP contribution in [0, 0.1) is 5.82 Å². The third-order valence-electron chi connectivity index (χ3n) is 3.66. The summed E-state index contributed by atoms with van der Waals surface area (Å²) in [6, 6.07) is 3.08. The molecule has 20 heavy (non-hydrogen) atoms. The Morgan fingerprint density at radius 3 is 3.05 bits per heavy atom. The number of hydrogen-bond donors (Lipinski definition) is 3. The molecule has 0 aromatic carbocycles. The fraction of sp³-hybridized carbons (Fsp3) is 0.286. The fourth-order valence-electron chi connectivity index (χ4n) is 2.53. The number of carbonyl (C=O) groups excluding carboxylic acids is 1. The van der Waals surface area contributed by atoms with E-state index in [4.69, 9.17) is 0 Å². The molecular formula is C14H14FN3O2. The van der Waals surface area contributed by atoms with Crippen LogP contribution >= 0.6 is 0 Å². The van der Waals surface area contributed by atoms with Gasteiger partial charge in [-0.1, -0.05) is 6.92 Å². The number of fused-ring (bicyclic) bond motifs is 1. The first-order valence-electron chi connectivity index (χ1n) is 6.46. The van der Waals surface area contributed by atoms with Crippen LogP contribution in [0.5, 0.6) is 5.88 Å². The summed E-state index contributed by atoms with van der Waals surface area (Å²) < 4.78 is 13.9. The van der Waals surface area contributed by atoms with Gasteiger partial charge in [0.15, 0.2) is 5.82 Å². The van der Waals surface area contributed by atoms with Crippen LogP contribution in [0.2, 0.25) is 0 Å². The van der Waals surface area contributed by atoms with Gasteiger partial charge in [0, 0.05) is 35.6 Å². The molecule has 2 aromatic rings. The predicted octanol–water partition coefficient (Wildman–Crippen LogP) is 2.16. The highest BCUT2D eigenvalue weighted by molar-refractivity contribution is 5.98. The van der Waals surface area contributed by atoms with Crippen LogP contribution < -0.4 is 5.32 Å². The molecular weight excluding hydrogens is 261 g/mol. The Bertz CT molecular complexity index is 681. The molecule has 0 radical (unpaired) electrons. The maximum absolute atomic E-state index is 13.9. The monoisotopic (exact) mass is 275 g/mol. The molecule has 1 aliphatic rings. The topological polar surface area (TPSA) is 78.0 Å². The number of carbonyl (C=O) groups is 1. The van der Waals surface area contributed by atoms with E-state index in [0.717, 1.165) is 12.1 Å². The van der Waals surface area contributed by atoms with Crippen molar-refractivity contribution in [1.29, 1.82) is 0 Å². The molecule has 0 fully saturated rings. The van der Waals surface area contributed by atoms with Gasteiger partial charge in [0.25, 0.3) is 5.91 Å². The molecule has 0 saturated carbocycles. The molecule has 1 amide bonds. The number of H-pyrrole nitrogens is 1. The second kappa shape index (κ2) is 4.63. The zero-order valence-electron chi connectivity index (χ0n) is 10.9. The van der Waals surface area contributed by atoms with Crippen LogP contribution in [-0.2, 0) is 0 Å². The van der Waals surface area contributed by atoms with Gasteiger partial charge in [0.1, 0.15) is 0 Å². The maximum atomic E-state index is 13.9. The molecule has 1 aliphatic heterocycles. The summed E-state index contributed by atoms with van der Waals surface area (Å²) in [4.78, 5) is 18.4. The number of amides is 1. The van der Waals surface area contributed by atoms with E-state index >= 15 is 0 Å². The van der Waals surface area contributed by atoms with Crippen molar-refractivity contribution in [2.45, 2.75) is 19.3 Å². The predicted molar refractivity (Wildman–Crippen MR) is 71.0 cm³/mol. The molecule has 2 aromatic heterocycles. The molecule has 6 heteroatoms. The number of aromatic amines is 1. The summed E-state index contributed by atoms with van der Waals surface area (Å²) in [6.45, 7) is 2.61. The molecule has 104 valence electrons. The lowest BCUT2D eigenvalue weighted by molar-refractivity contribution is 0.0939. The number of aromatic hydroxyl groups is 1. The summed E-state index contributed by atoms with van der Waals surface area (Å²) in [7, 11) is 0. The molecule has 5 nitrogen and oxygen atoms in total. The highest BCUT2D eigenvalue weighted by atomic mass is 19.1. The van der Waals surface area contributed by atoms with Gasteiger partial charge in [0.05, 0.1) is 5.56 Å². The van der Waals surface area contributed by atoms with Crippen LogP contribution in [0.1, 0.15) is 35.3 Å². The average Bonchev–Trinajstić information content (AvgIpc) is 2.88. The number of nitrogens with one attached hydrogen (secondary N) is 2. The van der Waals surface area contributed by atoms with E-state index in [-0.39, 0.29) is 17.4 Å². The molecule has 1 unspecified atom stereocenters. The molecule has 0 spiro atoms. The maximum Gasteiger partial charge on any atom is 0.253 e. The molecule has 0 bridgehead atoms. The van der Waals surface area contributed by atoms with Crippen molar-refractivity contribution < 1.29 is 14.3 Å². The van der Waals surface area contributed by atoms with Crippen LogP contribution in [0.3, 0.4) is 0 Å². The zero-order valence-corrected chi connectivity index (χ0v) is 10.9. The van der Waals surface area contributed by atoms with Crippen LogP contribution in [0.15, 0.2) is 18.3 Å². The molecule has 3 N–H and O–H groups in total. The molecule has 3 rings (SSSR count). The van der Waals surface area contributed by atoms with E-state index in [1.54, 1.807) is 6.07 Å². The second-order valence-corrected chi connectivity index (χ2v) is 4.82. The van der Waals surface area contributed by atoms with Crippen molar-refractivity contribution in [3.05, 3.63) is 35.4 Å².